The Kier molecular flexibility index (Phi) is 5.24. The lowest BCUT2D eigenvalue weighted by molar-refractivity contribution is -0.0737. The van der Waals surface area contributed by atoms with Crippen LogP contribution in [0.25, 0.3) is 0 Å². The van der Waals surface area contributed by atoms with E-state index in [1.807, 2.05) is 0 Å². The number of hydrogen-bond acceptors (Lipinski definition) is 3. The second-order valence-corrected chi connectivity index (χ2v) is 6.52. The lowest BCUT2D eigenvalue weighted by Crippen LogP contribution is -2.40. The molecule has 0 radical (unpaired) electrons. The molecule has 3 nitrogen and oxygen atoms in total. The molecular formula is C16H28N2O. The van der Waals surface area contributed by atoms with Crippen molar-refractivity contribution in [1.82, 2.24) is 4.90 Å². The molecule has 1 saturated heterocycles. The Labute approximate surface area is 117 Å². The zero-order valence-electron chi connectivity index (χ0n) is 12.5. The number of ether oxygens (including phenoxy) is 1. The molecule has 0 bridgehead atoms. The normalized spacial score (nSPS) is 26.2. The number of nitrogens with zero attached hydrogens (tertiary/aromatic N) is 2. The van der Waals surface area contributed by atoms with E-state index < -0.39 is 0 Å². The molecule has 0 amide bonds. The van der Waals surface area contributed by atoms with Gasteiger partial charge in [0.15, 0.2) is 0 Å². The first-order valence-corrected chi connectivity index (χ1v) is 7.94. The van der Waals surface area contributed by atoms with E-state index in [2.05, 4.69) is 24.8 Å². The first-order chi connectivity index (χ1) is 9.15. The second-order valence-electron chi connectivity index (χ2n) is 6.52. The van der Waals surface area contributed by atoms with Crippen LogP contribution in [0.15, 0.2) is 0 Å². The Hall–Kier alpha value is -0.590. The Bertz CT molecular complexity index is 315. The van der Waals surface area contributed by atoms with Gasteiger partial charge in [-0.3, -0.25) is 4.90 Å². The minimum Gasteiger partial charge on any atom is -0.370 e. The van der Waals surface area contributed by atoms with Gasteiger partial charge in [-0.15, -0.1) is 0 Å². The number of hydrogen-bond donors (Lipinski definition) is 0. The molecule has 2 rings (SSSR count). The van der Waals surface area contributed by atoms with Gasteiger partial charge in [-0.2, -0.15) is 5.26 Å². The molecule has 0 N–H and O–H groups in total. The van der Waals surface area contributed by atoms with E-state index in [0.29, 0.717) is 18.6 Å². The highest BCUT2D eigenvalue weighted by Gasteiger charge is 2.41. The summed E-state index contributed by atoms with van der Waals surface area (Å²) in [6.45, 7) is 6.30. The molecule has 3 heteroatoms. The Balaban J connectivity index is 1.84. The van der Waals surface area contributed by atoms with Crippen LogP contribution in [0.5, 0.6) is 0 Å². The highest BCUT2D eigenvalue weighted by Crippen LogP contribution is 2.42. The standard InChI is InChI=1S/C16H28N2O/c1-14(2)18(12-6-11-17)13-15-7-10-16(19-15)8-4-3-5-9-16/h14-15H,3-10,12-13H2,1-2H3. The second kappa shape index (κ2) is 6.72. The molecule has 0 aromatic rings. The molecule has 2 aliphatic rings. The third-order valence-electron chi connectivity index (χ3n) is 4.78. The van der Waals surface area contributed by atoms with Crippen LogP contribution in [0.1, 0.15) is 65.2 Å². The average Bonchev–Trinajstić information content (AvgIpc) is 2.78. The van der Waals surface area contributed by atoms with Crippen molar-refractivity contribution in [1.29, 1.82) is 5.26 Å². The minimum absolute atomic E-state index is 0.223. The summed E-state index contributed by atoms with van der Waals surface area (Å²) >= 11 is 0. The molecule has 2 fully saturated rings. The van der Waals surface area contributed by atoms with Crippen LogP contribution in [-0.2, 0) is 4.74 Å². The van der Waals surface area contributed by atoms with Crippen LogP contribution in [-0.4, -0.2) is 35.7 Å². The SMILES string of the molecule is CC(C)N(CCC#N)CC1CCC2(CCCCC2)O1. The van der Waals surface area contributed by atoms with Crippen molar-refractivity contribution >= 4 is 0 Å². The largest absolute Gasteiger partial charge is 0.370 e. The van der Waals surface area contributed by atoms with Crippen LogP contribution in [0.3, 0.4) is 0 Å². The Morgan fingerprint density at radius 2 is 2.00 bits per heavy atom. The molecule has 1 heterocycles. The third-order valence-corrected chi connectivity index (χ3v) is 4.78. The first-order valence-electron chi connectivity index (χ1n) is 7.94. The molecule has 0 aromatic heterocycles. The first kappa shape index (κ1) is 14.8. The summed E-state index contributed by atoms with van der Waals surface area (Å²) in [4.78, 5) is 2.40. The summed E-state index contributed by atoms with van der Waals surface area (Å²) in [7, 11) is 0. The Morgan fingerprint density at radius 3 is 2.63 bits per heavy atom. The van der Waals surface area contributed by atoms with E-state index >= 15 is 0 Å². The van der Waals surface area contributed by atoms with Gasteiger partial charge in [0.2, 0.25) is 0 Å². The molecule has 19 heavy (non-hydrogen) atoms. The van der Waals surface area contributed by atoms with Gasteiger partial charge in [0, 0.05) is 25.6 Å². The van der Waals surface area contributed by atoms with E-state index in [1.54, 1.807) is 0 Å². The van der Waals surface area contributed by atoms with Crippen molar-refractivity contribution in [3.63, 3.8) is 0 Å². The number of rotatable bonds is 5. The van der Waals surface area contributed by atoms with E-state index in [-0.39, 0.29) is 5.60 Å². The van der Waals surface area contributed by atoms with Crippen molar-refractivity contribution in [3.05, 3.63) is 0 Å². The van der Waals surface area contributed by atoms with Crippen molar-refractivity contribution in [2.45, 2.75) is 83.0 Å². The maximum Gasteiger partial charge on any atom is 0.0710 e. The van der Waals surface area contributed by atoms with Gasteiger partial charge in [0.1, 0.15) is 0 Å². The predicted octanol–water partition coefficient (Wildman–Crippen LogP) is 3.49. The van der Waals surface area contributed by atoms with Gasteiger partial charge in [-0.05, 0) is 39.5 Å². The van der Waals surface area contributed by atoms with Crippen molar-refractivity contribution in [2.75, 3.05) is 13.1 Å². The third kappa shape index (κ3) is 3.94. The monoisotopic (exact) mass is 264 g/mol. The summed E-state index contributed by atoms with van der Waals surface area (Å²) in [5.41, 5.74) is 0.223. The van der Waals surface area contributed by atoms with Crippen molar-refractivity contribution < 1.29 is 4.74 Å². The van der Waals surface area contributed by atoms with Crippen LogP contribution in [0.4, 0.5) is 0 Å². The summed E-state index contributed by atoms with van der Waals surface area (Å²) in [6, 6.07) is 2.75. The van der Waals surface area contributed by atoms with Gasteiger partial charge in [-0.25, -0.2) is 0 Å². The molecule has 1 aliphatic heterocycles. The van der Waals surface area contributed by atoms with E-state index in [9.17, 15) is 0 Å². The minimum atomic E-state index is 0.223. The predicted molar refractivity (Wildman–Crippen MR) is 76.9 cm³/mol. The molecule has 1 saturated carbocycles. The lowest BCUT2D eigenvalue weighted by atomic mass is 9.83. The van der Waals surface area contributed by atoms with Gasteiger partial charge in [0.25, 0.3) is 0 Å². The van der Waals surface area contributed by atoms with Crippen LogP contribution < -0.4 is 0 Å². The zero-order chi connectivity index (χ0) is 13.7. The van der Waals surface area contributed by atoms with Gasteiger partial charge in [0.05, 0.1) is 17.8 Å². The fraction of sp³-hybridized carbons (Fsp3) is 0.938. The fourth-order valence-corrected chi connectivity index (χ4v) is 3.60. The summed E-state index contributed by atoms with van der Waals surface area (Å²) < 4.78 is 6.43. The molecular weight excluding hydrogens is 236 g/mol. The van der Waals surface area contributed by atoms with Crippen molar-refractivity contribution in [3.8, 4) is 6.07 Å². The maximum atomic E-state index is 8.75. The zero-order valence-corrected chi connectivity index (χ0v) is 12.5. The molecule has 1 unspecified atom stereocenters. The van der Waals surface area contributed by atoms with Gasteiger partial charge < -0.3 is 4.74 Å². The Morgan fingerprint density at radius 1 is 1.26 bits per heavy atom. The highest BCUT2D eigenvalue weighted by atomic mass is 16.5. The molecule has 108 valence electrons. The fourth-order valence-electron chi connectivity index (χ4n) is 3.60. The van der Waals surface area contributed by atoms with Crippen molar-refractivity contribution in [2.24, 2.45) is 0 Å². The maximum absolute atomic E-state index is 8.75. The molecule has 1 aliphatic carbocycles. The molecule has 1 spiro atoms. The smallest absolute Gasteiger partial charge is 0.0710 e. The average molecular weight is 264 g/mol. The molecule has 1 atom stereocenters. The van der Waals surface area contributed by atoms with E-state index in [0.717, 1.165) is 13.1 Å². The highest BCUT2D eigenvalue weighted by molar-refractivity contribution is 4.92. The van der Waals surface area contributed by atoms with Crippen LogP contribution in [0, 0.1) is 11.3 Å². The lowest BCUT2D eigenvalue weighted by Gasteiger charge is -2.35. The number of nitriles is 1. The van der Waals surface area contributed by atoms with E-state index in [1.165, 1.54) is 44.9 Å². The summed E-state index contributed by atoms with van der Waals surface area (Å²) in [6.07, 6.45) is 10.1. The van der Waals surface area contributed by atoms with Gasteiger partial charge >= 0.3 is 0 Å². The molecule has 0 aromatic carbocycles. The van der Waals surface area contributed by atoms with Crippen LogP contribution in [0.2, 0.25) is 0 Å². The van der Waals surface area contributed by atoms with Gasteiger partial charge in [-0.1, -0.05) is 19.3 Å². The summed E-state index contributed by atoms with van der Waals surface area (Å²) in [5, 5.41) is 8.75. The topological polar surface area (TPSA) is 36.3 Å². The van der Waals surface area contributed by atoms with Crippen LogP contribution >= 0.6 is 0 Å². The summed E-state index contributed by atoms with van der Waals surface area (Å²) in [5.74, 6) is 0. The van der Waals surface area contributed by atoms with E-state index in [4.69, 9.17) is 10.00 Å². The quantitative estimate of drug-likeness (QED) is 0.762.